The van der Waals surface area contributed by atoms with Crippen LogP contribution in [-0.2, 0) is 0 Å². The van der Waals surface area contributed by atoms with Gasteiger partial charge in [0.15, 0.2) is 0 Å². The predicted molar refractivity (Wildman–Crippen MR) is 81.1 cm³/mol. The van der Waals surface area contributed by atoms with E-state index >= 15 is 0 Å². The lowest BCUT2D eigenvalue weighted by atomic mass is 9.96. The van der Waals surface area contributed by atoms with Crippen LogP contribution in [0.5, 0.6) is 0 Å². The first-order valence-electron chi connectivity index (χ1n) is 7.28. The van der Waals surface area contributed by atoms with Gasteiger partial charge in [0.1, 0.15) is 5.69 Å². The number of nitro benzene ring substituents is 1. The lowest BCUT2D eigenvalue weighted by molar-refractivity contribution is -0.384. The van der Waals surface area contributed by atoms with Crippen molar-refractivity contribution in [3.05, 3.63) is 33.9 Å². The van der Waals surface area contributed by atoms with Crippen molar-refractivity contribution in [2.24, 2.45) is 5.92 Å². The molecule has 2 rings (SSSR count). The van der Waals surface area contributed by atoms with Crippen LogP contribution in [-0.4, -0.2) is 36.0 Å². The molecule has 0 radical (unpaired) electrons. The van der Waals surface area contributed by atoms with E-state index in [0.29, 0.717) is 17.2 Å². The highest BCUT2D eigenvalue weighted by molar-refractivity contribution is 5.64. The largest absolute Gasteiger partial charge is 0.379 e. The highest BCUT2D eigenvalue weighted by Crippen LogP contribution is 2.26. The summed E-state index contributed by atoms with van der Waals surface area (Å²) in [6.45, 7) is 6.18. The number of nitriles is 1. The van der Waals surface area contributed by atoms with Crippen LogP contribution in [0.1, 0.15) is 25.3 Å². The van der Waals surface area contributed by atoms with Crippen LogP contribution >= 0.6 is 0 Å². The number of piperidine rings is 1. The minimum Gasteiger partial charge on any atom is -0.379 e. The molecule has 0 atom stereocenters. The quantitative estimate of drug-likeness (QED) is 0.665. The molecule has 1 aromatic rings. The normalized spacial score (nSPS) is 16.4. The van der Waals surface area contributed by atoms with E-state index in [1.54, 1.807) is 12.1 Å². The van der Waals surface area contributed by atoms with E-state index in [4.69, 9.17) is 5.26 Å². The Morgan fingerprint density at radius 1 is 1.48 bits per heavy atom. The predicted octanol–water partition coefficient (Wildman–Crippen LogP) is 2.61. The molecule has 0 bridgehead atoms. The Bertz CT molecular complexity index is 545. The molecule has 6 heteroatoms. The number of nitrogens with zero attached hydrogens (tertiary/aromatic N) is 3. The smallest absolute Gasteiger partial charge is 0.293 e. The lowest BCUT2D eigenvalue weighted by Gasteiger charge is -2.31. The number of nitrogens with one attached hydrogen (secondary N) is 1. The Labute approximate surface area is 124 Å². The van der Waals surface area contributed by atoms with Crippen LogP contribution < -0.4 is 5.32 Å². The van der Waals surface area contributed by atoms with Crippen LogP contribution in [0.2, 0.25) is 0 Å². The zero-order valence-corrected chi connectivity index (χ0v) is 12.2. The van der Waals surface area contributed by atoms with Crippen molar-refractivity contribution in [1.29, 1.82) is 5.26 Å². The van der Waals surface area contributed by atoms with Gasteiger partial charge in [0.25, 0.3) is 5.69 Å². The zero-order valence-electron chi connectivity index (χ0n) is 12.2. The minimum absolute atomic E-state index is 0.0277. The summed E-state index contributed by atoms with van der Waals surface area (Å²) in [4.78, 5) is 13.0. The van der Waals surface area contributed by atoms with Crippen molar-refractivity contribution < 1.29 is 4.92 Å². The minimum atomic E-state index is -0.442. The summed E-state index contributed by atoms with van der Waals surface area (Å²) < 4.78 is 0. The second kappa shape index (κ2) is 7.04. The third-order valence-corrected chi connectivity index (χ3v) is 4.06. The fraction of sp³-hybridized carbons (Fsp3) is 0.533. The first kappa shape index (κ1) is 15.3. The zero-order chi connectivity index (χ0) is 15.2. The molecule has 0 spiro atoms. The summed E-state index contributed by atoms with van der Waals surface area (Å²) in [7, 11) is 0. The van der Waals surface area contributed by atoms with Crippen molar-refractivity contribution in [2.45, 2.75) is 19.8 Å². The number of nitro groups is 1. The maximum atomic E-state index is 11.1. The van der Waals surface area contributed by atoms with Gasteiger partial charge in [-0.15, -0.1) is 0 Å². The van der Waals surface area contributed by atoms with Crippen LogP contribution in [0.4, 0.5) is 11.4 Å². The maximum Gasteiger partial charge on any atom is 0.293 e. The molecule has 0 amide bonds. The molecule has 6 nitrogen and oxygen atoms in total. The Hall–Kier alpha value is -2.13. The third kappa shape index (κ3) is 3.92. The molecule has 0 aliphatic carbocycles. The number of rotatable bonds is 5. The van der Waals surface area contributed by atoms with E-state index in [2.05, 4.69) is 17.1 Å². The Balaban J connectivity index is 1.97. The van der Waals surface area contributed by atoms with E-state index in [1.165, 1.54) is 6.07 Å². The van der Waals surface area contributed by atoms with Crippen molar-refractivity contribution in [2.75, 3.05) is 31.5 Å². The van der Waals surface area contributed by atoms with Gasteiger partial charge in [-0.2, -0.15) is 5.26 Å². The van der Waals surface area contributed by atoms with Gasteiger partial charge in [-0.1, -0.05) is 6.92 Å². The van der Waals surface area contributed by atoms with Crippen molar-refractivity contribution in [1.82, 2.24) is 4.90 Å². The lowest BCUT2D eigenvalue weighted by Crippen LogP contribution is -2.35. The van der Waals surface area contributed by atoms with Gasteiger partial charge in [-0.3, -0.25) is 10.1 Å². The molecule has 1 saturated heterocycles. The van der Waals surface area contributed by atoms with E-state index in [-0.39, 0.29) is 5.69 Å². The molecule has 1 fully saturated rings. The van der Waals surface area contributed by atoms with Crippen LogP contribution in [0, 0.1) is 27.4 Å². The first-order chi connectivity index (χ1) is 10.1. The Kier molecular flexibility index (Phi) is 5.12. The molecule has 0 aromatic heterocycles. The first-order valence-corrected chi connectivity index (χ1v) is 7.28. The number of anilines is 1. The van der Waals surface area contributed by atoms with Crippen LogP contribution in [0.15, 0.2) is 18.2 Å². The fourth-order valence-corrected chi connectivity index (χ4v) is 2.66. The van der Waals surface area contributed by atoms with E-state index in [0.717, 1.165) is 39.0 Å². The number of hydrogen-bond acceptors (Lipinski definition) is 5. The summed E-state index contributed by atoms with van der Waals surface area (Å²) in [6.07, 6.45) is 2.23. The molecule has 1 heterocycles. The monoisotopic (exact) mass is 288 g/mol. The van der Waals surface area contributed by atoms with Gasteiger partial charge in [-0.05, 0) is 50.5 Å². The fourth-order valence-electron chi connectivity index (χ4n) is 2.66. The number of hydrogen-bond donors (Lipinski definition) is 1. The van der Waals surface area contributed by atoms with Gasteiger partial charge >= 0.3 is 0 Å². The van der Waals surface area contributed by atoms with Gasteiger partial charge < -0.3 is 10.2 Å². The second-order valence-electron chi connectivity index (χ2n) is 5.36. The molecule has 1 aliphatic heterocycles. The maximum absolute atomic E-state index is 11.1. The summed E-state index contributed by atoms with van der Waals surface area (Å²) in [5.74, 6) is 0.544. The van der Waals surface area contributed by atoms with Crippen molar-refractivity contribution in [3.8, 4) is 6.07 Å². The van der Waals surface area contributed by atoms with Crippen LogP contribution in [0.25, 0.3) is 0 Å². The summed E-state index contributed by atoms with van der Waals surface area (Å²) >= 11 is 0. The standard InChI is InChI=1S/C15H20N4O2/c1-2-18-7-5-12(6-8-18)11-17-14-4-3-13(10-16)9-15(14)19(20)21/h3-4,9,12,17H,2,5-8,11H2,1H3. The molecular formula is C15H20N4O2. The summed E-state index contributed by atoms with van der Waals surface area (Å²) in [6, 6.07) is 6.48. The molecule has 1 aliphatic rings. The van der Waals surface area contributed by atoms with Gasteiger partial charge in [0.05, 0.1) is 16.6 Å². The molecular weight excluding hydrogens is 268 g/mol. The molecule has 21 heavy (non-hydrogen) atoms. The highest BCUT2D eigenvalue weighted by atomic mass is 16.6. The van der Waals surface area contributed by atoms with Crippen LogP contribution in [0.3, 0.4) is 0 Å². The van der Waals surface area contributed by atoms with E-state index in [9.17, 15) is 10.1 Å². The van der Waals surface area contributed by atoms with E-state index in [1.807, 2.05) is 6.07 Å². The van der Waals surface area contributed by atoms with Gasteiger partial charge in [0.2, 0.25) is 0 Å². The molecule has 1 aromatic carbocycles. The van der Waals surface area contributed by atoms with Gasteiger partial charge in [0, 0.05) is 12.6 Å². The van der Waals surface area contributed by atoms with Crippen molar-refractivity contribution >= 4 is 11.4 Å². The van der Waals surface area contributed by atoms with Gasteiger partial charge in [-0.25, -0.2) is 0 Å². The average Bonchev–Trinajstić information content (AvgIpc) is 2.53. The summed E-state index contributed by atoms with van der Waals surface area (Å²) in [5.41, 5.74) is 0.778. The van der Waals surface area contributed by atoms with Crippen molar-refractivity contribution in [3.63, 3.8) is 0 Å². The SMILES string of the molecule is CCN1CCC(CNc2ccc(C#N)cc2[N+](=O)[O-])CC1. The average molecular weight is 288 g/mol. The third-order valence-electron chi connectivity index (χ3n) is 4.06. The van der Waals surface area contributed by atoms with E-state index < -0.39 is 4.92 Å². The molecule has 1 N–H and O–H groups in total. The Morgan fingerprint density at radius 3 is 2.76 bits per heavy atom. The Morgan fingerprint density at radius 2 is 2.19 bits per heavy atom. The molecule has 112 valence electrons. The topological polar surface area (TPSA) is 82.2 Å². The highest BCUT2D eigenvalue weighted by Gasteiger charge is 2.20. The molecule has 0 saturated carbocycles. The number of benzene rings is 1. The summed E-state index contributed by atoms with van der Waals surface area (Å²) in [5, 5.41) is 23.1. The second-order valence-corrected chi connectivity index (χ2v) is 5.36. The number of likely N-dealkylation sites (tertiary alicyclic amines) is 1. The molecule has 0 unspecified atom stereocenters.